The molecule has 21 heavy (non-hydrogen) atoms. The second-order valence-electron chi connectivity index (χ2n) is 4.54. The van der Waals surface area contributed by atoms with Gasteiger partial charge in [-0.1, -0.05) is 19.1 Å². The molecule has 0 aliphatic carbocycles. The van der Waals surface area contributed by atoms with E-state index in [2.05, 4.69) is 0 Å². The molecular formula is C16H17NO4. The van der Waals surface area contributed by atoms with Crippen molar-refractivity contribution in [3.8, 4) is 11.5 Å². The lowest BCUT2D eigenvalue weighted by atomic mass is 10.1. The fourth-order valence-electron chi connectivity index (χ4n) is 2.00. The highest BCUT2D eigenvalue weighted by Gasteiger charge is 2.12. The molecule has 0 heterocycles. The van der Waals surface area contributed by atoms with Crippen molar-refractivity contribution < 1.29 is 14.4 Å². The highest BCUT2D eigenvalue weighted by Crippen LogP contribution is 2.25. The number of methoxy groups -OCH3 is 1. The number of nitrogens with zero attached hydrogens (tertiary/aromatic N) is 1. The van der Waals surface area contributed by atoms with Crippen molar-refractivity contribution in [2.75, 3.05) is 7.11 Å². The topological polar surface area (TPSA) is 61.6 Å². The summed E-state index contributed by atoms with van der Waals surface area (Å²) < 4.78 is 10.8. The average molecular weight is 287 g/mol. The molecule has 0 spiro atoms. The van der Waals surface area contributed by atoms with Gasteiger partial charge in [0.05, 0.1) is 12.0 Å². The van der Waals surface area contributed by atoms with Crippen LogP contribution in [0.4, 0.5) is 5.69 Å². The van der Waals surface area contributed by atoms with Crippen LogP contribution < -0.4 is 9.47 Å². The Labute approximate surface area is 123 Å². The maximum Gasteiger partial charge on any atom is 0.272 e. The van der Waals surface area contributed by atoms with Crippen molar-refractivity contribution in [3.05, 3.63) is 63.7 Å². The van der Waals surface area contributed by atoms with Crippen LogP contribution in [0.2, 0.25) is 0 Å². The van der Waals surface area contributed by atoms with Crippen LogP contribution in [-0.2, 0) is 13.0 Å². The fraction of sp³-hybridized carbons (Fsp3) is 0.250. The van der Waals surface area contributed by atoms with Gasteiger partial charge in [0.15, 0.2) is 0 Å². The van der Waals surface area contributed by atoms with Crippen LogP contribution in [0.15, 0.2) is 42.5 Å². The van der Waals surface area contributed by atoms with Gasteiger partial charge >= 0.3 is 0 Å². The summed E-state index contributed by atoms with van der Waals surface area (Å²) in [7, 11) is 1.62. The van der Waals surface area contributed by atoms with E-state index in [4.69, 9.17) is 9.47 Å². The summed E-state index contributed by atoms with van der Waals surface area (Å²) in [6.07, 6.45) is 0.593. The summed E-state index contributed by atoms with van der Waals surface area (Å²) in [6, 6.07) is 12.4. The number of nitro groups is 1. The highest BCUT2D eigenvalue weighted by atomic mass is 16.6. The molecule has 0 aromatic heterocycles. The summed E-state index contributed by atoms with van der Waals surface area (Å²) in [5, 5.41) is 10.9. The smallest absolute Gasteiger partial charge is 0.272 e. The van der Waals surface area contributed by atoms with Crippen molar-refractivity contribution in [1.82, 2.24) is 0 Å². The van der Waals surface area contributed by atoms with Gasteiger partial charge < -0.3 is 9.47 Å². The van der Waals surface area contributed by atoms with Crippen LogP contribution in [-0.4, -0.2) is 12.0 Å². The lowest BCUT2D eigenvalue weighted by molar-refractivity contribution is -0.385. The zero-order valence-electron chi connectivity index (χ0n) is 12.0. The SMILES string of the molecule is CCc1cc(OCc2ccc(OC)cc2)ccc1[N+](=O)[O-]. The Balaban J connectivity index is 2.07. The molecule has 0 N–H and O–H groups in total. The molecule has 110 valence electrons. The van der Waals surface area contributed by atoms with E-state index in [1.165, 1.54) is 6.07 Å². The molecule has 0 saturated carbocycles. The van der Waals surface area contributed by atoms with Crippen LogP contribution >= 0.6 is 0 Å². The van der Waals surface area contributed by atoms with E-state index in [1.54, 1.807) is 19.2 Å². The molecule has 0 unspecified atom stereocenters. The van der Waals surface area contributed by atoms with E-state index in [0.717, 1.165) is 11.3 Å². The molecule has 2 rings (SSSR count). The molecule has 0 aliphatic rings. The largest absolute Gasteiger partial charge is 0.497 e. The average Bonchev–Trinajstić information content (AvgIpc) is 2.52. The van der Waals surface area contributed by atoms with E-state index in [0.29, 0.717) is 24.3 Å². The number of benzene rings is 2. The number of rotatable bonds is 6. The Kier molecular flexibility index (Phi) is 4.77. The second kappa shape index (κ2) is 6.74. The lowest BCUT2D eigenvalue weighted by Gasteiger charge is -2.08. The van der Waals surface area contributed by atoms with Crippen molar-refractivity contribution >= 4 is 5.69 Å². The summed E-state index contributed by atoms with van der Waals surface area (Å²) in [6.45, 7) is 2.29. The molecule has 0 bridgehead atoms. The van der Waals surface area contributed by atoms with Gasteiger partial charge in [0.1, 0.15) is 18.1 Å². The minimum Gasteiger partial charge on any atom is -0.497 e. The predicted molar refractivity (Wildman–Crippen MR) is 79.8 cm³/mol. The van der Waals surface area contributed by atoms with Crippen molar-refractivity contribution in [2.45, 2.75) is 20.0 Å². The first-order valence-corrected chi connectivity index (χ1v) is 6.67. The van der Waals surface area contributed by atoms with Crippen molar-refractivity contribution in [1.29, 1.82) is 0 Å². The Morgan fingerprint density at radius 3 is 2.33 bits per heavy atom. The summed E-state index contributed by atoms with van der Waals surface area (Å²) in [5.74, 6) is 1.43. The van der Waals surface area contributed by atoms with Gasteiger partial charge in [-0.3, -0.25) is 10.1 Å². The highest BCUT2D eigenvalue weighted by molar-refractivity contribution is 5.45. The molecule has 5 nitrogen and oxygen atoms in total. The fourth-order valence-corrected chi connectivity index (χ4v) is 2.00. The summed E-state index contributed by atoms with van der Waals surface area (Å²) in [4.78, 5) is 10.5. The van der Waals surface area contributed by atoms with E-state index in [1.807, 2.05) is 31.2 Å². The maximum atomic E-state index is 10.9. The van der Waals surface area contributed by atoms with Crippen molar-refractivity contribution in [2.24, 2.45) is 0 Å². The molecule has 0 radical (unpaired) electrons. The van der Waals surface area contributed by atoms with E-state index < -0.39 is 0 Å². The van der Waals surface area contributed by atoms with Crippen LogP contribution in [0, 0.1) is 10.1 Å². The third-order valence-corrected chi connectivity index (χ3v) is 3.19. The van der Waals surface area contributed by atoms with E-state index >= 15 is 0 Å². The minimum atomic E-state index is -0.369. The normalized spacial score (nSPS) is 10.2. The van der Waals surface area contributed by atoms with Gasteiger partial charge in [-0.25, -0.2) is 0 Å². The van der Waals surface area contributed by atoms with Gasteiger partial charge in [0.2, 0.25) is 0 Å². The third-order valence-electron chi connectivity index (χ3n) is 3.19. The number of hydrogen-bond acceptors (Lipinski definition) is 4. The maximum absolute atomic E-state index is 10.9. The Bertz CT molecular complexity index is 623. The van der Waals surface area contributed by atoms with Gasteiger partial charge in [0.25, 0.3) is 5.69 Å². The molecule has 0 atom stereocenters. The summed E-state index contributed by atoms with van der Waals surface area (Å²) in [5.41, 5.74) is 1.81. The molecule has 2 aromatic carbocycles. The molecule has 5 heteroatoms. The Hall–Kier alpha value is -2.56. The minimum absolute atomic E-state index is 0.134. The molecule has 2 aromatic rings. The van der Waals surface area contributed by atoms with Crippen LogP contribution in [0.3, 0.4) is 0 Å². The van der Waals surface area contributed by atoms with Crippen LogP contribution in [0.5, 0.6) is 11.5 Å². The zero-order chi connectivity index (χ0) is 15.2. The number of hydrogen-bond donors (Lipinski definition) is 0. The Morgan fingerprint density at radius 2 is 1.76 bits per heavy atom. The lowest BCUT2D eigenvalue weighted by Crippen LogP contribution is -1.98. The van der Waals surface area contributed by atoms with Gasteiger partial charge in [-0.05, 0) is 36.2 Å². The van der Waals surface area contributed by atoms with E-state index in [-0.39, 0.29) is 10.6 Å². The standard InChI is InChI=1S/C16H17NO4/c1-3-13-10-15(8-9-16(13)17(18)19)21-11-12-4-6-14(20-2)7-5-12/h4-10H,3,11H2,1-2H3. The zero-order valence-corrected chi connectivity index (χ0v) is 12.0. The van der Waals surface area contributed by atoms with Gasteiger partial charge in [-0.15, -0.1) is 0 Å². The monoisotopic (exact) mass is 287 g/mol. The number of ether oxygens (including phenoxy) is 2. The molecule has 0 amide bonds. The second-order valence-corrected chi connectivity index (χ2v) is 4.54. The quantitative estimate of drug-likeness (QED) is 0.599. The molecular weight excluding hydrogens is 270 g/mol. The van der Waals surface area contributed by atoms with Gasteiger partial charge in [0, 0.05) is 11.6 Å². The first-order chi connectivity index (χ1) is 10.1. The van der Waals surface area contributed by atoms with E-state index in [9.17, 15) is 10.1 Å². The molecule has 0 aliphatic heterocycles. The number of aryl methyl sites for hydroxylation is 1. The van der Waals surface area contributed by atoms with Crippen LogP contribution in [0.1, 0.15) is 18.1 Å². The molecule has 0 fully saturated rings. The first kappa shape index (κ1) is 14.8. The van der Waals surface area contributed by atoms with Crippen LogP contribution in [0.25, 0.3) is 0 Å². The van der Waals surface area contributed by atoms with Gasteiger partial charge in [-0.2, -0.15) is 0 Å². The number of nitro benzene ring substituents is 1. The Morgan fingerprint density at radius 1 is 1.10 bits per heavy atom. The third kappa shape index (κ3) is 3.72. The first-order valence-electron chi connectivity index (χ1n) is 6.67. The van der Waals surface area contributed by atoms with Crippen molar-refractivity contribution in [3.63, 3.8) is 0 Å². The predicted octanol–water partition coefficient (Wildman–Crippen LogP) is 3.74. The summed E-state index contributed by atoms with van der Waals surface area (Å²) >= 11 is 0. The molecule has 0 saturated heterocycles.